The highest BCUT2D eigenvalue weighted by molar-refractivity contribution is 7.99. The summed E-state index contributed by atoms with van der Waals surface area (Å²) in [5.74, 6) is -0.0883. The van der Waals surface area contributed by atoms with Crippen LogP contribution in [0.2, 0.25) is 0 Å². The number of nitrogens with zero attached hydrogens (tertiary/aromatic N) is 2. The van der Waals surface area contributed by atoms with Crippen molar-refractivity contribution in [2.75, 3.05) is 20.1 Å². The minimum absolute atomic E-state index is 0.0883. The summed E-state index contributed by atoms with van der Waals surface area (Å²) in [6.07, 6.45) is 1.72. The number of aromatic nitrogens is 1. The molecule has 1 aromatic heterocycles. The van der Waals surface area contributed by atoms with E-state index in [0.29, 0.717) is 12.1 Å². The maximum atomic E-state index is 12.6. The van der Waals surface area contributed by atoms with E-state index >= 15 is 0 Å². The van der Waals surface area contributed by atoms with Crippen LogP contribution in [-0.2, 0) is 6.54 Å². The molecule has 27 heavy (non-hydrogen) atoms. The van der Waals surface area contributed by atoms with Gasteiger partial charge in [-0.1, -0.05) is 60.3 Å². The van der Waals surface area contributed by atoms with E-state index in [-0.39, 0.29) is 5.91 Å². The molecule has 0 aliphatic carbocycles. The van der Waals surface area contributed by atoms with Gasteiger partial charge < -0.3 is 10.2 Å². The first-order valence-electron chi connectivity index (χ1n) is 8.91. The van der Waals surface area contributed by atoms with E-state index in [0.717, 1.165) is 23.0 Å². The Kier molecular flexibility index (Phi) is 7.02. The van der Waals surface area contributed by atoms with E-state index in [4.69, 9.17) is 0 Å². The number of likely N-dealkylation sites (N-methyl/N-ethyl adjacent to an activating group) is 1. The van der Waals surface area contributed by atoms with Gasteiger partial charge in [0.15, 0.2) is 0 Å². The van der Waals surface area contributed by atoms with Gasteiger partial charge in [0.05, 0.1) is 5.56 Å². The van der Waals surface area contributed by atoms with E-state index < -0.39 is 0 Å². The summed E-state index contributed by atoms with van der Waals surface area (Å²) in [7, 11) is 2.06. The molecule has 0 bridgehead atoms. The van der Waals surface area contributed by atoms with Crippen LogP contribution in [-0.4, -0.2) is 35.9 Å². The van der Waals surface area contributed by atoms with Gasteiger partial charge in [0.1, 0.15) is 5.03 Å². The lowest BCUT2D eigenvalue weighted by atomic mass is 10.2. The molecular formula is C22H23N3OS. The summed E-state index contributed by atoms with van der Waals surface area (Å²) >= 11 is 1.50. The van der Waals surface area contributed by atoms with E-state index in [1.165, 1.54) is 17.3 Å². The third-order valence-electron chi connectivity index (χ3n) is 4.05. The molecule has 3 aromatic rings. The number of carbonyl (C=O) groups is 1. The van der Waals surface area contributed by atoms with Gasteiger partial charge in [-0.3, -0.25) is 4.79 Å². The van der Waals surface area contributed by atoms with Gasteiger partial charge in [-0.2, -0.15) is 0 Å². The molecule has 0 saturated carbocycles. The van der Waals surface area contributed by atoms with Crippen LogP contribution in [0.4, 0.5) is 0 Å². The topological polar surface area (TPSA) is 45.2 Å². The Bertz CT molecular complexity index is 856. The van der Waals surface area contributed by atoms with Crippen LogP contribution in [0, 0.1) is 0 Å². The van der Waals surface area contributed by atoms with Crippen LogP contribution in [0.1, 0.15) is 15.9 Å². The molecule has 1 amide bonds. The van der Waals surface area contributed by atoms with Crippen LogP contribution in [0.25, 0.3) is 0 Å². The van der Waals surface area contributed by atoms with Crippen molar-refractivity contribution in [3.8, 4) is 0 Å². The second kappa shape index (κ2) is 9.90. The number of hydrogen-bond acceptors (Lipinski definition) is 4. The largest absolute Gasteiger partial charge is 0.351 e. The second-order valence-electron chi connectivity index (χ2n) is 6.25. The lowest BCUT2D eigenvalue weighted by Gasteiger charge is -2.17. The zero-order chi connectivity index (χ0) is 18.9. The molecule has 1 N–H and O–H groups in total. The number of nitrogens with one attached hydrogen (secondary N) is 1. The molecule has 0 unspecified atom stereocenters. The highest BCUT2D eigenvalue weighted by Crippen LogP contribution is 2.28. The molecule has 0 atom stereocenters. The first-order chi connectivity index (χ1) is 13.2. The van der Waals surface area contributed by atoms with E-state index in [9.17, 15) is 4.79 Å². The lowest BCUT2D eigenvalue weighted by molar-refractivity contribution is 0.0946. The summed E-state index contributed by atoms with van der Waals surface area (Å²) in [5.41, 5.74) is 1.87. The number of benzene rings is 2. The Morgan fingerprint density at radius 1 is 1.00 bits per heavy atom. The molecule has 0 radical (unpaired) electrons. The molecule has 2 aromatic carbocycles. The van der Waals surface area contributed by atoms with Crippen LogP contribution in [0.5, 0.6) is 0 Å². The van der Waals surface area contributed by atoms with Gasteiger partial charge in [-0.15, -0.1) is 0 Å². The molecule has 0 fully saturated rings. The van der Waals surface area contributed by atoms with Gasteiger partial charge in [0.2, 0.25) is 0 Å². The van der Waals surface area contributed by atoms with E-state index in [1.807, 2.05) is 54.6 Å². The maximum Gasteiger partial charge on any atom is 0.254 e. The number of amides is 1. The van der Waals surface area contributed by atoms with Gasteiger partial charge in [0.25, 0.3) is 5.91 Å². The average molecular weight is 378 g/mol. The number of rotatable bonds is 8. The van der Waals surface area contributed by atoms with Crippen molar-refractivity contribution in [1.29, 1.82) is 0 Å². The van der Waals surface area contributed by atoms with Gasteiger partial charge in [-0.25, -0.2) is 4.98 Å². The summed E-state index contributed by atoms with van der Waals surface area (Å²) in [6, 6.07) is 23.9. The third kappa shape index (κ3) is 5.94. The first-order valence-corrected chi connectivity index (χ1v) is 9.72. The molecule has 138 valence electrons. The fourth-order valence-corrected chi connectivity index (χ4v) is 3.58. The lowest BCUT2D eigenvalue weighted by Crippen LogP contribution is -2.33. The van der Waals surface area contributed by atoms with Crippen LogP contribution in [0.15, 0.2) is 88.9 Å². The minimum Gasteiger partial charge on any atom is -0.351 e. The molecule has 0 aliphatic rings. The second-order valence-corrected chi connectivity index (χ2v) is 7.31. The summed E-state index contributed by atoms with van der Waals surface area (Å²) in [6.45, 7) is 2.23. The van der Waals surface area contributed by atoms with Gasteiger partial charge >= 0.3 is 0 Å². The Morgan fingerprint density at radius 3 is 2.44 bits per heavy atom. The standard InChI is InChI=1S/C22H23N3OS/c1-25(17-18-9-4-2-5-10-18)16-15-23-21(26)20-13-8-14-24-22(20)27-19-11-6-3-7-12-19/h2-14H,15-17H2,1H3,(H,23,26). The smallest absolute Gasteiger partial charge is 0.254 e. The van der Waals surface area contributed by atoms with E-state index in [2.05, 4.69) is 34.4 Å². The summed E-state index contributed by atoms with van der Waals surface area (Å²) < 4.78 is 0. The fraction of sp³-hybridized carbons (Fsp3) is 0.182. The highest BCUT2D eigenvalue weighted by Gasteiger charge is 2.13. The van der Waals surface area contributed by atoms with Crippen molar-refractivity contribution in [3.05, 3.63) is 90.1 Å². The molecule has 4 nitrogen and oxygen atoms in total. The van der Waals surface area contributed by atoms with Crippen molar-refractivity contribution < 1.29 is 4.79 Å². The molecule has 0 saturated heterocycles. The monoisotopic (exact) mass is 377 g/mol. The molecule has 0 spiro atoms. The first kappa shape index (κ1) is 19.1. The zero-order valence-corrected chi connectivity index (χ0v) is 16.2. The Hall–Kier alpha value is -2.63. The number of carbonyl (C=O) groups excluding carboxylic acids is 1. The van der Waals surface area contributed by atoms with Crippen molar-refractivity contribution in [2.45, 2.75) is 16.5 Å². The maximum absolute atomic E-state index is 12.6. The predicted molar refractivity (Wildman–Crippen MR) is 110 cm³/mol. The normalized spacial score (nSPS) is 10.7. The number of hydrogen-bond donors (Lipinski definition) is 1. The Labute approximate surface area is 164 Å². The van der Waals surface area contributed by atoms with E-state index in [1.54, 1.807) is 12.3 Å². The van der Waals surface area contributed by atoms with Crippen molar-refractivity contribution in [2.24, 2.45) is 0 Å². The van der Waals surface area contributed by atoms with Gasteiger partial charge in [-0.05, 0) is 36.9 Å². The Balaban J connectivity index is 1.54. The Morgan fingerprint density at radius 2 is 1.70 bits per heavy atom. The summed E-state index contributed by atoms with van der Waals surface area (Å²) in [4.78, 5) is 20.3. The zero-order valence-electron chi connectivity index (χ0n) is 15.3. The van der Waals surface area contributed by atoms with Crippen molar-refractivity contribution in [1.82, 2.24) is 15.2 Å². The molecule has 1 heterocycles. The molecule has 5 heteroatoms. The molecule has 3 rings (SSSR count). The predicted octanol–water partition coefficient (Wildman–Crippen LogP) is 4.09. The highest BCUT2D eigenvalue weighted by atomic mass is 32.2. The molecular weight excluding hydrogens is 354 g/mol. The van der Waals surface area contributed by atoms with Crippen molar-refractivity contribution in [3.63, 3.8) is 0 Å². The number of pyridine rings is 1. The average Bonchev–Trinajstić information content (AvgIpc) is 2.70. The van der Waals surface area contributed by atoms with Crippen LogP contribution < -0.4 is 5.32 Å². The van der Waals surface area contributed by atoms with Crippen LogP contribution >= 0.6 is 11.8 Å². The third-order valence-corrected chi connectivity index (χ3v) is 5.07. The fourth-order valence-electron chi connectivity index (χ4n) is 2.67. The summed E-state index contributed by atoms with van der Waals surface area (Å²) in [5, 5.41) is 3.73. The van der Waals surface area contributed by atoms with Gasteiger partial charge in [0, 0.05) is 30.7 Å². The quantitative estimate of drug-likeness (QED) is 0.642. The SMILES string of the molecule is CN(CCNC(=O)c1cccnc1Sc1ccccc1)Cc1ccccc1. The van der Waals surface area contributed by atoms with Crippen molar-refractivity contribution >= 4 is 17.7 Å². The minimum atomic E-state index is -0.0883. The van der Waals surface area contributed by atoms with Crippen LogP contribution in [0.3, 0.4) is 0 Å². The molecule has 0 aliphatic heterocycles.